The number of hydrogen-bond acceptors (Lipinski definition) is 6. The third-order valence-corrected chi connectivity index (χ3v) is 4.79. The number of benzene rings is 1. The second kappa shape index (κ2) is 7.71. The molecule has 1 aromatic heterocycles. The monoisotopic (exact) mass is 385 g/mol. The second-order valence-electron chi connectivity index (χ2n) is 6.46. The van der Waals surface area contributed by atoms with Crippen molar-refractivity contribution in [1.29, 1.82) is 0 Å². The van der Waals surface area contributed by atoms with Crippen LogP contribution in [0.1, 0.15) is 36.9 Å². The van der Waals surface area contributed by atoms with Gasteiger partial charge in [-0.3, -0.25) is 14.3 Å². The molecule has 0 bridgehead atoms. The van der Waals surface area contributed by atoms with Gasteiger partial charge in [0.05, 0.1) is 5.56 Å². The molecule has 28 heavy (non-hydrogen) atoms. The van der Waals surface area contributed by atoms with Gasteiger partial charge in [-0.25, -0.2) is 9.59 Å². The third-order valence-electron chi connectivity index (χ3n) is 4.79. The van der Waals surface area contributed by atoms with Crippen molar-refractivity contribution in [2.24, 2.45) is 11.0 Å². The van der Waals surface area contributed by atoms with E-state index in [4.69, 9.17) is 15.0 Å². The largest absolute Gasteiger partial charge is 0.455 e. The summed E-state index contributed by atoms with van der Waals surface area (Å²) in [7, 11) is 0. The first-order chi connectivity index (χ1) is 13.4. The molecular formula is C18H19N5O5. The van der Waals surface area contributed by atoms with E-state index in [2.05, 4.69) is 15.0 Å². The van der Waals surface area contributed by atoms with Crippen molar-refractivity contribution in [1.82, 2.24) is 9.55 Å². The Hall–Kier alpha value is -3.36. The molecule has 4 atom stereocenters. The molecule has 0 radical (unpaired) electrons. The van der Waals surface area contributed by atoms with Crippen molar-refractivity contribution in [2.45, 2.75) is 38.3 Å². The van der Waals surface area contributed by atoms with Crippen LogP contribution in [0.15, 0.2) is 57.3 Å². The van der Waals surface area contributed by atoms with Gasteiger partial charge in [-0.05, 0) is 24.1 Å². The van der Waals surface area contributed by atoms with Gasteiger partial charge < -0.3 is 9.47 Å². The maximum Gasteiger partial charge on any atom is 0.338 e. The predicted molar refractivity (Wildman–Crippen MR) is 98.4 cm³/mol. The van der Waals surface area contributed by atoms with Gasteiger partial charge in [0.2, 0.25) is 0 Å². The standard InChI is InChI=1S/C18H19N5O5/c1-3-18(21-22-19)14(27-16(25)12-7-5-4-6-8-12)11(2)15(28-18)23-10-9-13(24)20-17(23)26/h4-11,14-15H,3H2,1-2H3,(H,20,24,26)/t11-,14-,15+,18+/m0/s1. The van der Waals surface area contributed by atoms with Crippen LogP contribution in [0.2, 0.25) is 0 Å². The van der Waals surface area contributed by atoms with Crippen molar-refractivity contribution >= 4 is 5.97 Å². The van der Waals surface area contributed by atoms with Gasteiger partial charge in [0.1, 0.15) is 12.3 Å². The highest BCUT2D eigenvalue weighted by atomic mass is 16.6. The van der Waals surface area contributed by atoms with Crippen LogP contribution in [0.5, 0.6) is 0 Å². The number of esters is 1. The number of ether oxygens (including phenoxy) is 2. The number of aromatic amines is 1. The van der Waals surface area contributed by atoms with Crippen LogP contribution in [0.3, 0.4) is 0 Å². The lowest BCUT2D eigenvalue weighted by molar-refractivity contribution is -0.105. The summed E-state index contributed by atoms with van der Waals surface area (Å²) < 4.78 is 12.8. The molecule has 146 valence electrons. The molecule has 1 aliphatic rings. The number of rotatable bonds is 5. The first-order valence-corrected chi connectivity index (χ1v) is 8.73. The Morgan fingerprint density at radius 2 is 2.07 bits per heavy atom. The second-order valence-corrected chi connectivity index (χ2v) is 6.46. The van der Waals surface area contributed by atoms with E-state index in [1.807, 2.05) is 0 Å². The zero-order chi connectivity index (χ0) is 20.3. The molecule has 0 saturated carbocycles. The van der Waals surface area contributed by atoms with Crippen molar-refractivity contribution in [3.8, 4) is 0 Å². The zero-order valence-corrected chi connectivity index (χ0v) is 15.3. The molecule has 10 heteroatoms. The SMILES string of the molecule is CC[C@@]1(N=[N+]=[N-])O[C@@H](n2ccc(=O)[nH]c2=O)[C@@H](C)[C@@H]1OC(=O)c1ccccc1. The minimum Gasteiger partial charge on any atom is -0.455 e. The number of carbonyl (C=O) groups excluding carboxylic acids is 1. The fourth-order valence-electron chi connectivity index (χ4n) is 3.35. The van der Waals surface area contributed by atoms with Gasteiger partial charge in [-0.2, -0.15) is 0 Å². The van der Waals surface area contributed by atoms with Crippen LogP contribution >= 0.6 is 0 Å². The molecule has 0 spiro atoms. The smallest absolute Gasteiger partial charge is 0.338 e. The van der Waals surface area contributed by atoms with Crippen molar-refractivity contribution in [2.75, 3.05) is 0 Å². The van der Waals surface area contributed by atoms with Crippen LogP contribution in [0, 0.1) is 5.92 Å². The molecule has 1 N–H and O–H groups in total. The topological polar surface area (TPSA) is 139 Å². The van der Waals surface area contributed by atoms with Gasteiger partial charge in [-0.1, -0.05) is 37.2 Å². The number of H-pyrrole nitrogens is 1. The van der Waals surface area contributed by atoms with Crippen LogP contribution in [-0.2, 0) is 9.47 Å². The summed E-state index contributed by atoms with van der Waals surface area (Å²) >= 11 is 0. The molecule has 1 saturated heterocycles. The van der Waals surface area contributed by atoms with E-state index in [9.17, 15) is 14.4 Å². The average molecular weight is 385 g/mol. The number of aromatic nitrogens is 2. The number of azide groups is 1. The minimum absolute atomic E-state index is 0.211. The summed E-state index contributed by atoms with van der Waals surface area (Å²) in [5, 5.41) is 3.77. The van der Waals surface area contributed by atoms with E-state index in [1.54, 1.807) is 44.2 Å². The fourth-order valence-corrected chi connectivity index (χ4v) is 3.35. The van der Waals surface area contributed by atoms with E-state index in [-0.39, 0.29) is 6.42 Å². The molecule has 1 fully saturated rings. The summed E-state index contributed by atoms with van der Waals surface area (Å²) in [5.74, 6) is -1.14. The van der Waals surface area contributed by atoms with Crippen molar-refractivity contribution in [3.63, 3.8) is 0 Å². The molecule has 0 aliphatic carbocycles. The van der Waals surface area contributed by atoms with Crippen LogP contribution in [0.25, 0.3) is 10.4 Å². The highest BCUT2D eigenvalue weighted by molar-refractivity contribution is 5.89. The van der Waals surface area contributed by atoms with Crippen LogP contribution in [-0.4, -0.2) is 27.3 Å². The summed E-state index contributed by atoms with van der Waals surface area (Å²) in [6.07, 6.45) is -0.337. The maximum absolute atomic E-state index is 12.6. The quantitative estimate of drug-likeness (QED) is 0.364. The maximum atomic E-state index is 12.6. The number of hydrogen-bond donors (Lipinski definition) is 1. The molecular weight excluding hydrogens is 366 g/mol. The van der Waals surface area contributed by atoms with E-state index < -0.39 is 41.2 Å². The molecule has 0 unspecified atom stereocenters. The number of nitrogens with zero attached hydrogens (tertiary/aromatic N) is 4. The Balaban J connectivity index is 2.00. The van der Waals surface area contributed by atoms with Crippen molar-refractivity contribution < 1.29 is 14.3 Å². The molecule has 2 heterocycles. The van der Waals surface area contributed by atoms with Crippen LogP contribution in [0.4, 0.5) is 0 Å². The lowest BCUT2D eigenvalue weighted by Crippen LogP contribution is -2.41. The minimum atomic E-state index is -1.49. The Kier molecular flexibility index (Phi) is 5.34. The van der Waals surface area contributed by atoms with Gasteiger partial charge in [0.25, 0.3) is 5.56 Å². The number of nitrogens with one attached hydrogen (secondary N) is 1. The Bertz CT molecular complexity index is 1030. The molecule has 2 aromatic rings. The predicted octanol–water partition coefficient (Wildman–Crippen LogP) is 2.34. The summed E-state index contributed by atoms with van der Waals surface area (Å²) in [4.78, 5) is 41.1. The van der Waals surface area contributed by atoms with E-state index in [0.717, 1.165) is 0 Å². The van der Waals surface area contributed by atoms with Gasteiger partial charge >= 0.3 is 11.7 Å². The summed E-state index contributed by atoms with van der Waals surface area (Å²) in [6.45, 7) is 3.44. The third kappa shape index (κ3) is 3.42. The molecule has 3 rings (SSSR count). The summed E-state index contributed by atoms with van der Waals surface area (Å²) in [5.41, 5.74) is 6.68. The average Bonchev–Trinajstić information content (AvgIpc) is 2.95. The first-order valence-electron chi connectivity index (χ1n) is 8.73. The Labute approximate surface area is 159 Å². The van der Waals surface area contributed by atoms with E-state index in [1.165, 1.54) is 16.8 Å². The highest BCUT2D eigenvalue weighted by Crippen LogP contribution is 2.45. The Morgan fingerprint density at radius 3 is 2.68 bits per heavy atom. The lowest BCUT2D eigenvalue weighted by Gasteiger charge is -2.29. The molecule has 1 aliphatic heterocycles. The van der Waals surface area contributed by atoms with Crippen LogP contribution < -0.4 is 11.2 Å². The molecule has 10 nitrogen and oxygen atoms in total. The molecule has 0 amide bonds. The normalized spacial score (nSPS) is 26.4. The van der Waals surface area contributed by atoms with Crippen molar-refractivity contribution in [3.05, 3.63) is 79.4 Å². The summed E-state index contributed by atoms with van der Waals surface area (Å²) in [6, 6.07) is 9.57. The van der Waals surface area contributed by atoms with Gasteiger partial charge in [-0.15, -0.1) is 0 Å². The van der Waals surface area contributed by atoms with E-state index in [0.29, 0.717) is 5.56 Å². The zero-order valence-electron chi connectivity index (χ0n) is 15.3. The fraction of sp³-hybridized carbons (Fsp3) is 0.389. The molecule has 1 aromatic carbocycles. The number of carbonyl (C=O) groups is 1. The lowest BCUT2D eigenvalue weighted by atomic mass is 9.95. The first kappa shape index (κ1) is 19.4. The van der Waals surface area contributed by atoms with Gasteiger partial charge in [0, 0.05) is 23.1 Å². The van der Waals surface area contributed by atoms with E-state index >= 15 is 0 Å². The highest BCUT2D eigenvalue weighted by Gasteiger charge is 2.55. The Morgan fingerprint density at radius 1 is 1.36 bits per heavy atom. The van der Waals surface area contributed by atoms with Gasteiger partial charge in [0.15, 0.2) is 5.72 Å².